The summed E-state index contributed by atoms with van der Waals surface area (Å²) in [6, 6.07) is 1.72. The zero-order valence-corrected chi connectivity index (χ0v) is 9.82. The molecular weight excluding hydrogens is 249 g/mol. The Morgan fingerprint density at radius 1 is 1.57 bits per heavy atom. The van der Waals surface area contributed by atoms with Crippen molar-refractivity contribution in [3.63, 3.8) is 0 Å². The number of rotatable bonds is 3. The van der Waals surface area contributed by atoms with Crippen LogP contribution >= 0.6 is 15.9 Å². The summed E-state index contributed by atoms with van der Waals surface area (Å²) in [6.07, 6.45) is 0.683. The summed E-state index contributed by atoms with van der Waals surface area (Å²) in [5.74, 6) is 0.318. The highest BCUT2D eigenvalue weighted by molar-refractivity contribution is 9.10. The third-order valence-electron chi connectivity index (χ3n) is 2.09. The van der Waals surface area contributed by atoms with Crippen LogP contribution < -0.4 is 10.5 Å². The fourth-order valence-corrected chi connectivity index (χ4v) is 2.00. The Labute approximate surface area is 91.4 Å². The summed E-state index contributed by atoms with van der Waals surface area (Å²) >= 11 is 3.16. The quantitative estimate of drug-likeness (QED) is 0.907. The van der Waals surface area contributed by atoms with Crippen molar-refractivity contribution >= 4 is 15.9 Å². The van der Waals surface area contributed by atoms with Gasteiger partial charge in [-0.15, -0.1) is 0 Å². The van der Waals surface area contributed by atoms with Gasteiger partial charge in [0.25, 0.3) is 0 Å². The predicted octanol–water partition coefficient (Wildman–Crippen LogP) is 2.41. The molecule has 4 heteroatoms. The van der Waals surface area contributed by atoms with Crippen molar-refractivity contribution in [1.82, 2.24) is 0 Å². The Balaban J connectivity index is 3.28. The molecule has 1 aromatic rings. The number of benzene rings is 1. The summed E-state index contributed by atoms with van der Waals surface area (Å²) in [5, 5.41) is 0. The number of ether oxygens (including phenoxy) is 1. The summed E-state index contributed by atoms with van der Waals surface area (Å²) in [6.45, 7) is 2.22. The lowest BCUT2D eigenvalue weighted by Crippen LogP contribution is -2.06. The lowest BCUT2D eigenvalue weighted by atomic mass is 10.1. The highest BCUT2D eigenvalue weighted by Crippen LogP contribution is 2.31. The van der Waals surface area contributed by atoms with Crippen LogP contribution in [0.5, 0.6) is 5.75 Å². The van der Waals surface area contributed by atoms with Gasteiger partial charge in [-0.25, -0.2) is 4.39 Å². The van der Waals surface area contributed by atoms with Crippen LogP contribution in [0.2, 0.25) is 0 Å². The van der Waals surface area contributed by atoms with Gasteiger partial charge < -0.3 is 10.5 Å². The first-order valence-electron chi connectivity index (χ1n) is 4.33. The highest BCUT2D eigenvalue weighted by Gasteiger charge is 2.13. The lowest BCUT2D eigenvalue weighted by Gasteiger charge is -2.12. The Morgan fingerprint density at radius 3 is 2.71 bits per heavy atom. The first-order chi connectivity index (χ1) is 6.61. The normalized spacial score (nSPS) is 10.4. The van der Waals surface area contributed by atoms with E-state index in [1.807, 2.05) is 0 Å². The zero-order valence-electron chi connectivity index (χ0n) is 8.23. The summed E-state index contributed by atoms with van der Waals surface area (Å²) in [7, 11) is 1.54. The molecule has 1 aromatic carbocycles. The molecule has 14 heavy (non-hydrogen) atoms. The second kappa shape index (κ2) is 4.75. The van der Waals surface area contributed by atoms with Crippen LogP contribution in [0.1, 0.15) is 11.1 Å². The van der Waals surface area contributed by atoms with E-state index in [0.29, 0.717) is 28.8 Å². The first-order valence-corrected chi connectivity index (χ1v) is 5.12. The van der Waals surface area contributed by atoms with Crippen LogP contribution in [0.25, 0.3) is 0 Å². The molecule has 0 amide bonds. The van der Waals surface area contributed by atoms with Gasteiger partial charge in [-0.1, -0.05) is 0 Å². The SMILES string of the molecule is COc1c(CCN)cc(Br)c(F)c1C. The van der Waals surface area contributed by atoms with E-state index >= 15 is 0 Å². The topological polar surface area (TPSA) is 35.2 Å². The Morgan fingerprint density at radius 2 is 2.21 bits per heavy atom. The molecule has 2 N–H and O–H groups in total. The average Bonchev–Trinajstić information content (AvgIpc) is 2.16. The Hall–Kier alpha value is -0.610. The molecule has 0 aliphatic heterocycles. The highest BCUT2D eigenvalue weighted by atomic mass is 79.9. The maximum absolute atomic E-state index is 13.4. The van der Waals surface area contributed by atoms with Crippen molar-refractivity contribution in [2.24, 2.45) is 5.73 Å². The molecule has 0 saturated heterocycles. The van der Waals surface area contributed by atoms with Crippen LogP contribution in [0.3, 0.4) is 0 Å². The maximum Gasteiger partial charge on any atom is 0.143 e. The van der Waals surface area contributed by atoms with E-state index in [2.05, 4.69) is 15.9 Å². The van der Waals surface area contributed by atoms with Gasteiger partial charge in [0.2, 0.25) is 0 Å². The smallest absolute Gasteiger partial charge is 0.143 e. The molecule has 0 radical (unpaired) electrons. The van der Waals surface area contributed by atoms with Crippen molar-refractivity contribution in [1.29, 1.82) is 0 Å². The molecule has 0 aromatic heterocycles. The van der Waals surface area contributed by atoms with Crippen molar-refractivity contribution < 1.29 is 9.13 Å². The number of nitrogens with two attached hydrogens (primary N) is 1. The van der Waals surface area contributed by atoms with Gasteiger partial charge in [0.1, 0.15) is 11.6 Å². The van der Waals surface area contributed by atoms with Gasteiger partial charge in [0.05, 0.1) is 11.6 Å². The zero-order chi connectivity index (χ0) is 10.7. The fraction of sp³-hybridized carbons (Fsp3) is 0.400. The van der Waals surface area contributed by atoms with Crippen molar-refractivity contribution in [3.8, 4) is 5.75 Å². The molecule has 0 spiro atoms. The first kappa shape index (κ1) is 11.5. The van der Waals surface area contributed by atoms with E-state index in [0.717, 1.165) is 5.56 Å². The van der Waals surface area contributed by atoms with E-state index in [9.17, 15) is 4.39 Å². The molecule has 0 unspecified atom stereocenters. The van der Waals surface area contributed by atoms with E-state index in [-0.39, 0.29) is 5.82 Å². The van der Waals surface area contributed by atoms with Crippen LogP contribution in [0, 0.1) is 12.7 Å². The van der Waals surface area contributed by atoms with E-state index in [1.165, 1.54) is 7.11 Å². The van der Waals surface area contributed by atoms with Gasteiger partial charge in [0.15, 0.2) is 0 Å². The average molecular weight is 262 g/mol. The number of hydrogen-bond acceptors (Lipinski definition) is 2. The molecular formula is C10H13BrFNO. The summed E-state index contributed by atoms with van der Waals surface area (Å²) in [4.78, 5) is 0. The van der Waals surface area contributed by atoms with Crippen molar-refractivity contribution in [3.05, 3.63) is 27.5 Å². The van der Waals surface area contributed by atoms with Crippen LogP contribution in [-0.4, -0.2) is 13.7 Å². The second-order valence-corrected chi connectivity index (χ2v) is 3.88. The molecule has 0 fully saturated rings. The predicted molar refractivity (Wildman–Crippen MR) is 58.1 cm³/mol. The summed E-state index contributed by atoms with van der Waals surface area (Å²) < 4.78 is 19.0. The number of methoxy groups -OCH3 is 1. The fourth-order valence-electron chi connectivity index (χ4n) is 1.43. The third-order valence-corrected chi connectivity index (χ3v) is 2.67. The van der Waals surface area contributed by atoms with E-state index < -0.39 is 0 Å². The van der Waals surface area contributed by atoms with Gasteiger partial charge in [0, 0.05) is 5.56 Å². The number of hydrogen-bond donors (Lipinski definition) is 1. The maximum atomic E-state index is 13.4. The molecule has 0 atom stereocenters. The van der Waals surface area contributed by atoms with E-state index in [4.69, 9.17) is 10.5 Å². The monoisotopic (exact) mass is 261 g/mol. The third kappa shape index (κ3) is 2.07. The standard InChI is InChI=1S/C10H13BrFNO/c1-6-9(12)8(11)5-7(3-4-13)10(6)14-2/h5H,3-4,13H2,1-2H3. The van der Waals surface area contributed by atoms with Crippen LogP contribution in [-0.2, 0) is 6.42 Å². The van der Waals surface area contributed by atoms with Crippen molar-refractivity contribution in [2.45, 2.75) is 13.3 Å². The number of halogens is 2. The minimum absolute atomic E-state index is 0.275. The molecule has 0 aliphatic rings. The minimum Gasteiger partial charge on any atom is -0.496 e. The molecule has 0 bridgehead atoms. The van der Waals surface area contributed by atoms with E-state index in [1.54, 1.807) is 13.0 Å². The lowest BCUT2D eigenvalue weighted by molar-refractivity contribution is 0.401. The Kier molecular flexibility index (Phi) is 3.89. The molecule has 0 saturated carbocycles. The largest absolute Gasteiger partial charge is 0.496 e. The second-order valence-electron chi connectivity index (χ2n) is 3.03. The van der Waals surface area contributed by atoms with Gasteiger partial charge in [-0.05, 0) is 47.4 Å². The molecule has 2 nitrogen and oxygen atoms in total. The Bertz CT molecular complexity index is 341. The van der Waals surface area contributed by atoms with Gasteiger partial charge >= 0.3 is 0 Å². The molecule has 0 aliphatic carbocycles. The van der Waals surface area contributed by atoms with Crippen LogP contribution in [0.4, 0.5) is 4.39 Å². The van der Waals surface area contributed by atoms with Crippen molar-refractivity contribution in [2.75, 3.05) is 13.7 Å². The van der Waals surface area contributed by atoms with Crippen LogP contribution in [0.15, 0.2) is 10.5 Å². The van der Waals surface area contributed by atoms with Gasteiger partial charge in [-0.3, -0.25) is 0 Å². The minimum atomic E-state index is -0.275. The molecule has 0 heterocycles. The molecule has 78 valence electrons. The molecule has 1 rings (SSSR count). The van der Waals surface area contributed by atoms with Gasteiger partial charge in [-0.2, -0.15) is 0 Å². The summed E-state index contributed by atoms with van der Waals surface area (Å²) in [5.41, 5.74) is 6.91.